The van der Waals surface area contributed by atoms with Crippen LogP contribution in [0.5, 0.6) is 0 Å². The maximum Gasteiger partial charge on any atom is 0.332 e. The molecule has 0 aliphatic heterocycles. The number of hydrogen-bond donors (Lipinski definition) is 2. The Kier molecular flexibility index (Phi) is 2.57. The molecule has 3 N–H and O–H groups in total. The first kappa shape index (κ1) is 9.94. The van der Waals surface area contributed by atoms with Gasteiger partial charge in [0.2, 0.25) is 0 Å². The van der Waals surface area contributed by atoms with Crippen molar-refractivity contribution in [1.29, 1.82) is 0 Å². The van der Waals surface area contributed by atoms with Gasteiger partial charge in [0.25, 0.3) is 0 Å². The second-order valence-electron chi connectivity index (χ2n) is 2.58. The highest BCUT2D eigenvalue weighted by molar-refractivity contribution is 7.15. The number of nitrogens with one attached hydrogen (secondary N) is 1. The third kappa shape index (κ3) is 1.92. The van der Waals surface area contributed by atoms with Gasteiger partial charge >= 0.3 is 6.03 Å². The molecule has 2 rings (SSSR count). The van der Waals surface area contributed by atoms with Crippen LogP contribution < -0.4 is 11.2 Å². The third-order valence-corrected chi connectivity index (χ3v) is 2.65. The summed E-state index contributed by atoms with van der Waals surface area (Å²) in [6, 6.07) is -0.728. The molecule has 2 amide bonds. The smallest absolute Gasteiger partial charge is 0.332 e. The summed E-state index contributed by atoms with van der Waals surface area (Å²) in [7, 11) is 0. The molecule has 8 heteroatoms. The second-order valence-corrected chi connectivity index (χ2v) is 3.81. The Morgan fingerprint density at radius 1 is 1.80 bits per heavy atom. The molecule has 0 bridgehead atoms. The van der Waals surface area contributed by atoms with E-state index in [4.69, 9.17) is 17.3 Å². The van der Waals surface area contributed by atoms with E-state index in [0.717, 1.165) is 4.96 Å². The van der Waals surface area contributed by atoms with Gasteiger partial charge in [0, 0.05) is 11.6 Å². The minimum Gasteiger partial charge on any atom is -0.350 e. The van der Waals surface area contributed by atoms with Gasteiger partial charge in [0.15, 0.2) is 10.1 Å². The van der Waals surface area contributed by atoms with Gasteiger partial charge in [-0.3, -0.25) is 4.40 Å². The number of urea groups is 1. The fourth-order valence-corrected chi connectivity index (χ4v) is 2.04. The zero-order chi connectivity index (χ0) is 10.8. The Hall–Kier alpha value is -1.60. The summed E-state index contributed by atoms with van der Waals surface area (Å²) in [5, 5.41) is 5.82. The van der Waals surface area contributed by atoms with E-state index in [0.29, 0.717) is 10.8 Å². The number of primary amides is 1. The number of fused-ring (bicyclic) bond motifs is 1. The predicted molar refractivity (Wildman–Crippen MR) is 58.4 cm³/mol. The first-order valence-corrected chi connectivity index (χ1v) is 5.14. The minimum atomic E-state index is -0.728. The summed E-state index contributed by atoms with van der Waals surface area (Å²) < 4.78 is 1.76. The van der Waals surface area contributed by atoms with Gasteiger partial charge < -0.3 is 5.73 Å². The van der Waals surface area contributed by atoms with Crippen molar-refractivity contribution in [3.8, 4) is 0 Å². The molecule has 0 spiro atoms. The van der Waals surface area contributed by atoms with Crippen LogP contribution in [0, 0.1) is 0 Å². The molecular formula is C7H6ClN5OS. The van der Waals surface area contributed by atoms with Crippen LogP contribution in [-0.2, 0) is 0 Å². The number of carbonyl (C=O) groups is 1. The van der Waals surface area contributed by atoms with Crippen molar-refractivity contribution in [3.63, 3.8) is 0 Å². The van der Waals surface area contributed by atoms with E-state index in [1.165, 1.54) is 17.6 Å². The summed E-state index contributed by atoms with van der Waals surface area (Å²) in [5.41, 5.74) is 7.52. The lowest BCUT2D eigenvalue weighted by molar-refractivity contribution is 0.249. The van der Waals surface area contributed by atoms with Crippen LogP contribution in [0.4, 0.5) is 4.79 Å². The first-order valence-electron chi connectivity index (χ1n) is 3.88. The van der Waals surface area contributed by atoms with Crippen LogP contribution in [0.3, 0.4) is 0 Å². The molecule has 0 aromatic carbocycles. The average molecular weight is 244 g/mol. The molecule has 78 valence electrons. The van der Waals surface area contributed by atoms with Crippen LogP contribution in [0.15, 0.2) is 16.7 Å². The molecule has 15 heavy (non-hydrogen) atoms. The number of nitrogens with zero attached hydrogens (tertiary/aromatic N) is 3. The molecule has 0 unspecified atom stereocenters. The quantitative estimate of drug-likeness (QED) is 0.610. The van der Waals surface area contributed by atoms with E-state index in [1.54, 1.807) is 4.40 Å². The highest BCUT2D eigenvalue weighted by Crippen LogP contribution is 2.19. The highest BCUT2D eigenvalue weighted by atomic mass is 35.5. The van der Waals surface area contributed by atoms with E-state index >= 15 is 0 Å². The van der Waals surface area contributed by atoms with E-state index in [2.05, 4.69) is 15.5 Å². The number of amides is 2. The number of carbonyl (C=O) groups excluding carboxylic acids is 1. The Morgan fingerprint density at radius 3 is 3.33 bits per heavy atom. The highest BCUT2D eigenvalue weighted by Gasteiger charge is 2.08. The van der Waals surface area contributed by atoms with Gasteiger partial charge in [0.1, 0.15) is 5.69 Å². The van der Waals surface area contributed by atoms with Gasteiger partial charge in [-0.15, -0.1) is 11.3 Å². The van der Waals surface area contributed by atoms with Gasteiger partial charge in [-0.1, -0.05) is 11.6 Å². The van der Waals surface area contributed by atoms with Gasteiger partial charge in [-0.25, -0.2) is 15.2 Å². The Balaban J connectivity index is 2.33. The molecule has 0 saturated carbocycles. The normalized spacial score (nSPS) is 11.3. The summed E-state index contributed by atoms with van der Waals surface area (Å²) in [5.74, 6) is 0. The summed E-state index contributed by atoms with van der Waals surface area (Å²) in [6.07, 6.45) is 3.20. The van der Waals surface area contributed by atoms with Gasteiger partial charge in [-0.05, 0) is 0 Å². The van der Waals surface area contributed by atoms with Crippen molar-refractivity contribution in [2.45, 2.75) is 0 Å². The van der Waals surface area contributed by atoms with Crippen LogP contribution >= 0.6 is 22.9 Å². The molecule has 0 aliphatic carbocycles. The third-order valence-electron chi connectivity index (χ3n) is 1.62. The van der Waals surface area contributed by atoms with Gasteiger partial charge in [0.05, 0.1) is 6.21 Å². The molecule has 2 aromatic heterocycles. The zero-order valence-electron chi connectivity index (χ0n) is 7.35. The van der Waals surface area contributed by atoms with E-state index in [1.807, 2.05) is 11.6 Å². The van der Waals surface area contributed by atoms with Crippen molar-refractivity contribution < 1.29 is 4.79 Å². The number of halogens is 1. The van der Waals surface area contributed by atoms with Crippen molar-refractivity contribution in [2.75, 3.05) is 0 Å². The fraction of sp³-hybridized carbons (Fsp3) is 0. The van der Waals surface area contributed by atoms with E-state index in [-0.39, 0.29) is 0 Å². The summed E-state index contributed by atoms with van der Waals surface area (Å²) >= 11 is 7.32. The summed E-state index contributed by atoms with van der Waals surface area (Å²) in [4.78, 5) is 15.2. The largest absolute Gasteiger partial charge is 0.350 e. The Bertz CT molecular complexity index is 530. The van der Waals surface area contributed by atoms with Crippen molar-refractivity contribution in [2.24, 2.45) is 10.8 Å². The second kappa shape index (κ2) is 3.87. The standard InChI is InChI=1S/C7H6ClN5OS/c8-5-4(3-10-12-6(9)14)13-1-2-15-7(13)11-5/h1-3H,(H3,9,12,14)/b10-3+. The maximum atomic E-state index is 10.4. The number of hydrogen-bond acceptors (Lipinski definition) is 4. The molecule has 0 aliphatic rings. The number of rotatable bonds is 2. The molecule has 0 saturated heterocycles. The van der Waals surface area contributed by atoms with Crippen molar-refractivity contribution in [3.05, 3.63) is 22.4 Å². The molecule has 2 aromatic rings. The molecule has 6 nitrogen and oxygen atoms in total. The van der Waals surface area contributed by atoms with E-state index < -0.39 is 6.03 Å². The maximum absolute atomic E-state index is 10.4. The Labute approximate surface area is 93.4 Å². The van der Waals surface area contributed by atoms with Crippen LogP contribution in [0.25, 0.3) is 4.96 Å². The van der Waals surface area contributed by atoms with Gasteiger partial charge in [-0.2, -0.15) is 5.10 Å². The minimum absolute atomic E-state index is 0.330. The van der Waals surface area contributed by atoms with Crippen LogP contribution in [0.2, 0.25) is 5.15 Å². The monoisotopic (exact) mass is 243 g/mol. The molecule has 0 radical (unpaired) electrons. The lowest BCUT2D eigenvalue weighted by Gasteiger charge is -1.92. The van der Waals surface area contributed by atoms with Crippen molar-refractivity contribution >= 4 is 40.1 Å². The van der Waals surface area contributed by atoms with E-state index in [9.17, 15) is 4.79 Å². The lowest BCUT2D eigenvalue weighted by atomic mass is 10.5. The molecule has 2 heterocycles. The number of imidazole rings is 1. The first-order chi connectivity index (χ1) is 7.18. The predicted octanol–water partition coefficient (Wildman–Crippen LogP) is 1.05. The summed E-state index contributed by atoms with van der Waals surface area (Å²) in [6.45, 7) is 0. The van der Waals surface area contributed by atoms with Crippen LogP contribution in [0.1, 0.15) is 5.69 Å². The molecule has 0 fully saturated rings. The number of aromatic nitrogens is 2. The molecule has 0 atom stereocenters. The zero-order valence-corrected chi connectivity index (χ0v) is 8.92. The molecular weight excluding hydrogens is 238 g/mol. The number of nitrogens with two attached hydrogens (primary N) is 1. The Morgan fingerprint density at radius 2 is 2.60 bits per heavy atom. The van der Waals surface area contributed by atoms with Crippen molar-refractivity contribution in [1.82, 2.24) is 14.8 Å². The lowest BCUT2D eigenvalue weighted by Crippen LogP contribution is -2.24. The SMILES string of the molecule is NC(=O)N/N=C/c1c(Cl)nc2sccn12. The number of hydrazone groups is 1. The number of thiazole rings is 1. The van der Waals surface area contributed by atoms with Crippen LogP contribution in [-0.4, -0.2) is 21.6 Å². The fourth-order valence-electron chi connectivity index (χ4n) is 1.05. The topological polar surface area (TPSA) is 84.8 Å². The average Bonchev–Trinajstić information content (AvgIpc) is 2.68.